The third-order valence-corrected chi connectivity index (χ3v) is 6.93. The van der Waals surface area contributed by atoms with E-state index in [1.54, 1.807) is 42.1 Å². The van der Waals surface area contributed by atoms with Crippen molar-refractivity contribution in [1.29, 1.82) is 0 Å². The Morgan fingerprint density at radius 2 is 1.88 bits per heavy atom. The number of halogens is 3. The normalized spacial score (nSPS) is 13.3. The Morgan fingerprint density at radius 3 is 2.52 bits per heavy atom. The number of nitrogens with zero attached hydrogens (tertiary/aromatic N) is 7. The standard InChI is InChI=1S/C28H24F3N7O2/c1-37-13-19(10-29)35-25(37)17-5-3-15(4-6-17)12-38-26-18(9-20(23(30)31)28(38)39)11-32-24(36-26)21-22(16-7-8-16)33-14-34-27(21)40-2/h3-6,9,11,13-14,16,23H,7-8,10,12H2,1-2H3. The molecule has 40 heavy (non-hydrogen) atoms. The molecule has 0 radical (unpaired) electrons. The highest BCUT2D eigenvalue weighted by molar-refractivity contribution is 5.78. The number of hydrogen-bond donors (Lipinski definition) is 0. The summed E-state index contributed by atoms with van der Waals surface area (Å²) >= 11 is 0. The fourth-order valence-corrected chi connectivity index (χ4v) is 4.82. The molecule has 9 nitrogen and oxygen atoms in total. The van der Waals surface area contributed by atoms with Gasteiger partial charge in [-0.05, 0) is 24.5 Å². The maximum absolute atomic E-state index is 13.9. The number of imidazole rings is 1. The molecule has 1 aliphatic rings. The summed E-state index contributed by atoms with van der Waals surface area (Å²) < 4.78 is 49.2. The summed E-state index contributed by atoms with van der Waals surface area (Å²) in [5, 5.41) is 0.297. The molecule has 204 valence electrons. The summed E-state index contributed by atoms with van der Waals surface area (Å²) in [4.78, 5) is 35.3. The van der Waals surface area contributed by atoms with E-state index in [0.29, 0.717) is 33.9 Å². The van der Waals surface area contributed by atoms with Gasteiger partial charge >= 0.3 is 0 Å². The second-order valence-corrected chi connectivity index (χ2v) is 9.68. The molecular formula is C28H24F3N7O2. The van der Waals surface area contributed by atoms with Gasteiger partial charge in [-0.25, -0.2) is 38.1 Å². The zero-order chi connectivity index (χ0) is 28.0. The van der Waals surface area contributed by atoms with E-state index in [0.717, 1.165) is 30.2 Å². The highest BCUT2D eigenvalue weighted by Gasteiger charge is 2.31. The lowest BCUT2D eigenvalue weighted by Gasteiger charge is -2.15. The maximum Gasteiger partial charge on any atom is 0.269 e. The van der Waals surface area contributed by atoms with E-state index >= 15 is 0 Å². The SMILES string of the molecule is COc1ncnc(C2CC2)c1-c1ncc2cc(C(F)F)c(=O)n(Cc3ccc(-c4nc(CF)cn4C)cc3)c2n1. The van der Waals surface area contributed by atoms with Gasteiger partial charge in [-0.2, -0.15) is 0 Å². The van der Waals surface area contributed by atoms with Gasteiger partial charge in [0.15, 0.2) is 5.82 Å². The molecule has 1 aliphatic carbocycles. The Hall–Kier alpha value is -4.61. The predicted molar refractivity (Wildman–Crippen MR) is 141 cm³/mol. The smallest absolute Gasteiger partial charge is 0.269 e. The molecule has 0 amide bonds. The molecule has 1 aromatic carbocycles. The number of methoxy groups -OCH3 is 1. The summed E-state index contributed by atoms with van der Waals surface area (Å²) in [6, 6.07) is 8.26. The Bertz CT molecular complexity index is 1780. The van der Waals surface area contributed by atoms with E-state index in [1.165, 1.54) is 24.2 Å². The van der Waals surface area contributed by atoms with Gasteiger partial charge in [-0.3, -0.25) is 9.36 Å². The first-order valence-corrected chi connectivity index (χ1v) is 12.6. The number of aryl methyl sites for hydroxylation is 1. The topological polar surface area (TPSA) is 101 Å². The number of benzene rings is 1. The van der Waals surface area contributed by atoms with E-state index in [2.05, 4.69) is 24.9 Å². The van der Waals surface area contributed by atoms with Gasteiger partial charge in [0.1, 0.15) is 30.0 Å². The fraction of sp³-hybridized carbons (Fsp3) is 0.286. The van der Waals surface area contributed by atoms with Crippen LogP contribution >= 0.6 is 0 Å². The van der Waals surface area contributed by atoms with Crippen LogP contribution in [0.1, 0.15) is 47.7 Å². The van der Waals surface area contributed by atoms with Crippen LogP contribution in [-0.2, 0) is 20.3 Å². The number of alkyl halides is 3. The van der Waals surface area contributed by atoms with Gasteiger partial charge in [0.05, 0.1) is 30.6 Å². The molecule has 6 rings (SSSR count). The van der Waals surface area contributed by atoms with Crippen LogP contribution in [0.3, 0.4) is 0 Å². The summed E-state index contributed by atoms with van der Waals surface area (Å²) in [6.45, 7) is -0.684. The first-order valence-electron chi connectivity index (χ1n) is 12.6. The minimum atomic E-state index is -2.97. The molecule has 1 fully saturated rings. The van der Waals surface area contributed by atoms with Crippen molar-refractivity contribution in [2.45, 2.75) is 38.4 Å². The minimum absolute atomic E-state index is 0.0131. The number of pyridine rings is 1. The average Bonchev–Trinajstić information content (AvgIpc) is 3.75. The van der Waals surface area contributed by atoms with Gasteiger partial charge in [0.25, 0.3) is 12.0 Å². The Morgan fingerprint density at radius 1 is 1.10 bits per heavy atom. The number of rotatable bonds is 8. The van der Waals surface area contributed by atoms with Crippen LogP contribution < -0.4 is 10.3 Å². The van der Waals surface area contributed by atoms with Crippen molar-refractivity contribution in [3.8, 4) is 28.7 Å². The highest BCUT2D eigenvalue weighted by atomic mass is 19.3. The van der Waals surface area contributed by atoms with E-state index in [1.807, 2.05) is 0 Å². The molecule has 1 saturated carbocycles. The Kier molecular flexibility index (Phi) is 6.53. The molecule has 0 N–H and O–H groups in total. The predicted octanol–water partition coefficient (Wildman–Crippen LogP) is 4.99. The molecule has 0 spiro atoms. The van der Waals surface area contributed by atoms with Crippen LogP contribution in [0.4, 0.5) is 13.2 Å². The molecule has 4 aromatic heterocycles. The average molecular weight is 548 g/mol. The van der Waals surface area contributed by atoms with Crippen LogP contribution in [0, 0.1) is 0 Å². The lowest BCUT2D eigenvalue weighted by molar-refractivity contribution is 0.149. The number of fused-ring (bicyclic) bond motifs is 1. The van der Waals surface area contributed by atoms with Crippen molar-refractivity contribution >= 4 is 11.0 Å². The molecule has 5 aromatic rings. The van der Waals surface area contributed by atoms with Gasteiger partial charge in [0, 0.05) is 36.3 Å². The molecule has 0 unspecified atom stereocenters. The number of aromatic nitrogens is 7. The number of hydrogen-bond acceptors (Lipinski definition) is 7. The van der Waals surface area contributed by atoms with E-state index in [-0.39, 0.29) is 23.9 Å². The first kappa shape index (κ1) is 25.7. The fourth-order valence-electron chi connectivity index (χ4n) is 4.82. The van der Waals surface area contributed by atoms with E-state index < -0.39 is 24.2 Å². The third-order valence-electron chi connectivity index (χ3n) is 6.93. The van der Waals surface area contributed by atoms with Crippen LogP contribution in [0.25, 0.3) is 33.8 Å². The molecule has 12 heteroatoms. The first-order chi connectivity index (χ1) is 19.4. The molecule has 0 aliphatic heterocycles. The van der Waals surface area contributed by atoms with Crippen molar-refractivity contribution in [3.05, 3.63) is 81.9 Å². The summed E-state index contributed by atoms with van der Waals surface area (Å²) in [6.07, 6.45) is 3.43. The molecule has 0 saturated heterocycles. The number of ether oxygens (including phenoxy) is 1. The van der Waals surface area contributed by atoms with Gasteiger partial charge in [-0.1, -0.05) is 24.3 Å². The zero-order valence-corrected chi connectivity index (χ0v) is 21.7. The van der Waals surface area contributed by atoms with Gasteiger partial charge in [0.2, 0.25) is 5.88 Å². The molecule has 0 bridgehead atoms. The van der Waals surface area contributed by atoms with Crippen LogP contribution in [0.5, 0.6) is 5.88 Å². The largest absolute Gasteiger partial charge is 0.480 e. The summed E-state index contributed by atoms with van der Waals surface area (Å²) in [5.74, 6) is 1.37. The second kappa shape index (κ2) is 10.2. The lowest BCUT2D eigenvalue weighted by atomic mass is 10.1. The quantitative estimate of drug-likeness (QED) is 0.270. The highest BCUT2D eigenvalue weighted by Crippen LogP contribution is 2.44. The van der Waals surface area contributed by atoms with E-state index in [9.17, 15) is 18.0 Å². The lowest BCUT2D eigenvalue weighted by Crippen LogP contribution is -2.26. The third kappa shape index (κ3) is 4.59. The maximum atomic E-state index is 13.9. The molecular weight excluding hydrogens is 523 g/mol. The van der Waals surface area contributed by atoms with Crippen LogP contribution in [0.2, 0.25) is 0 Å². The van der Waals surface area contributed by atoms with E-state index in [4.69, 9.17) is 4.74 Å². The van der Waals surface area contributed by atoms with Gasteiger partial charge in [-0.15, -0.1) is 0 Å². The van der Waals surface area contributed by atoms with Crippen molar-refractivity contribution in [2.75, 3.05) is 7.11 Å². The van der Waals surface area contributed by atoms with Gasteiger partial charge < -0.3 is 9.30 Å². The van der Waals surface area contributed by atoms with Crippen molar-refractivity contribution in [2.24, 2.45) is 7.05 Å². The second-order valence-electron chi connectivity index (χ2n) is 9.68. The monoisotopic (exact) mass is 547 g/mol. The summed E-state index contributed by atoms with van der Waals surface area (Å²) in [7, 11) is 3.26. The Balaban J connectivity index is 1.46. The van der Waals surface area contributed by atoms with Crippen molar-refractivity contribution in [1.82, 2.24) is 34.1 Å². The molecule has 4 heterocycles. The van der Waals surface area contributed by atoms with Crippen LogP contribution in [0.15, 0.2) is 53.8 Å². The van der Waals surface area contributed by atoms with Crippen LogP contribution in [-0.4, -0.2) is 41.2 Å². The Labute approximate surface area is 226 Å². The van der Waals surface area contributed by atoms with Crippen molar-refractivity contribution in [3.63, 3.8) is 0 Å². The molecule has 0 atom stereocenters. The van der Waals surface area contributed by atoms with Crippen molar-refractivity contribution < 1.29 is 17.9 Å². The minimum Gasteiger partial charge on any atom is -0.480 e. The zero-order valence-electron chi connectivity index (χ0n) is 21.7. The summed E-state index contributed by atoms with van der Waals surface area (Å²) in [5.41, 5.74) is 1.76.